The number of carbonyl (C=O) groups is 1. The fourth-order valence-corrected chi connectivity index (χ4v) is 1.43. The van der Waals surface area contributed by atoms with Crippen LogP contribution in [0.3, 0.4) is 0 Å². The molecule has 0 aromatic carbocycles. The van der Waals surface area contributed by atoms with E-state index in [0.717, 1.165) is 30.8 Å². The summed E-state index contributed by atoms with van der Waals surface area (Å²) >= 11 is 0. The Hall–Kier alpha value is -1.38. The molecule has 2 rings (SSSR count). The second kappa shape index (κ2) is 3.17. The van der Waals surface area contributed by atoms with Gasteiger partial charge in [-0.05, 0) is 18.6 Å². The first-order valence-corrected chi connectivity index (χ1v) is 4.42. The maximum Gasteiger partial charge on any atom is 0.128 e. The molecule has 1 aromatic heterocycles. The fraction of sp³-hybridized carbons (Fsp3) is 0.400. The van der Waals surface area contributed by atoms with Gasteiger partial charge in [-0.25, -0.2) is 4.98 Å². The van der Waals surface area contributed by atoms with Crippen molar-refractivity contribution in [2.45, 2.75) is 6.92 Å². The summed E-state index contributed by atoms with van der Waals surface area (Å²) in [5, 5.41) is 0. The largest absolute Gasteiger partial charge is 0.355 e. The van der Waals surface area contributed by atoms with E-state index in [0.29, 0.717) is 0 Å². The Labute approximate surface area is 77.4 Å². The summed E-state index contributed by atoms with van der Waals surface area (Å²) < 4.78 is 0. The molecule has 0 amide bonds. The van der Waals surface area contributed by atoms with Crippen molar-refractivity contribution in [1.82, 2.24) is 4.98 Å². The third kappa shape index (κ3) is 1.54. The van der Waals surface area contributed by atoms with Crippen LogP contribution in [0.4, 0.5) is 5.82 Å². The molecule has 1 fully saturated rings. The molecule has 13 heavy (non-hydrogen) atoms. The smallest absolute Gasteiger partial charge is 0.128 e. The lowest BCUT2D eigenvalue weighted by atomic mass is 10.0. The molecule has 0 aliphatic carbocycles. The van der Waals surface area contributed by atoms with Crippen molar-refractivity contribution in [2.24, 2.45) is 5.92 Å². The van der Waals surface area contributed by atoms with Crippen molar-refractivity contribution in [3.05, 3.63) is 23.9 Å². The minimum atomic E-state index is 0.211. The monoisotopic (exact) mass is 176 g/mol. The topological polar surface area (TPSA) is 33.2 Å². The van der Waals surface area contributed by atoms with Gasteiger partial charge in [-0.2, -0.15) is 0 Å². The van der Waals surface area contributed by atoms with Crippen molar-refractivity contribution in [1.29, 1.82) is 0 Å². The number of carbonyl (C=O) groups excluding carboxylic acids is 1. The maximum atomic E-state index is 10.4. The average molecular weight is 176 g/mol. The van der Waals surface area contributed by atoms with Crippen LogP contribution in [0.1, 0.15) is 5.56 Å². The molecule has 1 saturated heterocycles. The number of aryl methyl sites for hydroxylation is 1. The lowest BCUT2D eigenvalue weighted by Gasteiger charge is -2.37. The van der Waals surface area contributed by atoms with Gasteiger partial charge >= 0.3 is 0 Å². The minimum absolute atomic E-state index is 0.211. The molecule has 2 heterocycles. The van der Waals surface area contributed by atoms with Gasteiger partial charge in [-0.3, -0.25) is 0 Å². The van der Waals surface area contributed by atoms with E-state index < -0.39 is 0 Å². The van der Waals surface area contributed by atoms with E-state index in [1.54, 1.807) is 0 Å². The Morgan fingerprint density at radius 2 is 2.31 bits per heavy atom. The van der Waals surface area contributed by atoms with E-state index in [4.69, 9.17) is 0 Å². The molecule has 0 saturated carbocycles. The molecule has 1 aromatic rings. The quantitative estimate of drug-likeness (QED) is 0.631. The zero-order valence-electron chi connectivity index (χ0n) is 7.60. The van der Waals surface area contributed by atoms with Gasteiger partial charge in [-0.15, -0.1) is 0 Å². The number of pyridine rings is 1. The third-order valence-electron chi connectivity index (χ3n) is 2.32. The van der Waals surface area contributed by atoms with Crippen LogP contribution in [-0.4, -0.2) is 24.4 Å². The maximum absolute atomic E-state index is 10.4. The van der Waals surface area contributed by atoms with Crippen LogP contribution in [0.5, 0.6) is 0 Å². The van der Waals surface area contributed by atoms with E-state index in [2.05, 4.69) is 9.88 Å². The van der Waals surface area contributed by atoms with Gasteiger partial charge in [0.15, 0.2) is 0 Å². The zero-order valence-corrected chi connectivity index (χ0v) is 7.60. The highest BCUT2D eigenvalue weighted by atomic mass is 16.1. The van der Waals surface area contributed by atoms with Crippen LogP contribution in [0, 0.1) is 12.8 Å². The van der Waals surface area contributed by atoms with E-state index in [9.17, 15) is 4.79 Å². The first kappa shape index (κ1) is 8.23. The molecule has 3 nitrogen and oxygen atoms in total. The number of nitrogens with zero attached hydrogens (tertiary/aromatic N) is 2. The molecular formula is C10H12N2O. The van der Waals surface area contributed by atoms with E-state index >= 15 is 0 Å². The highest BCUT2D eigenvalue weighted by molar-refractivity contribution is 5.61. The number of rotatable bonds is 2. The predicted molar refractivity (Wildman–Crippen MR) is 50.7 cm³/mol. The molecular weight excluding hydrogens is 164 g/mol. The molecule has 0 N–H and O–H groups in total. The van der Waals surface area contributed by atoms with Gasteiger partial charge in [-0.1, -0.05) is 6.07 Å². The average Bonchev–Trinajstić information content (AvgIpc) is 2.06. The van der Waals surface area contributed by atoms with Crippen molar-refractivity contribution in [3.8, 4) is 0 Å². The molecule has 0 spiro atoms. The number of aldehydes is 1. The van der Waals surface area contributed by atoms with Crippen LogP contribution in [-0.2, 0) is 4.79 Å². The molecule has 1 aliphatic rings. The summed E-state index contributed by atoms with van der Waals surface area (Å²) in [4.78, 5) is 16.8. The van der Waals surface area contributed by atoms with Crippen LogP contribution in [0.15, 0.2) is 18.3 Å². The van der Waals surface area contributed by atoms with Crippen molar-refractivity contribution in [2.75, 3.05) is 18.0 Å². The SMILES string of the molecule is Cc1ccc(N2CC(C=O)C2)nc1. The highest BCUT2D eigenvalue weighted by Crippen LogP contribution is 2.20. The Kier molecular flexibility index (Phi) is 2.00. The molecule has 0 radical (unpaired) electrons. The molecule has 68 valence electrons. The van der Waals surface area contributed by atoms with Gasteiger partial charge in [0.05, 0.1) is 0 Å². The summed E-state index contributed by atoms with van der Waals surface area (Å²) in [7, 11) is 0. The number of hydrogen-bond donors (Lipinski definition) is 0. The predicted octanol–water partition coefficient (Wildman–Crippen LogP) is 1.03. The van der Waals surface area contributed by atoms with E-state index in [1.165, 1.54) is 0 Å². The van der Waals surface area contributed by atoms with Crippen LogP contribution in [0.2, 0.25) is 0 Å². The summed E-state index contributed by atoms with van der Waals surface area (Å²) in [6, 6.07) is 4.03. The van der Waals surface area contributed by atoms with Crippen molar-refractivity contribution < 1.29 is 4.79 Å². The van der Waals surface area contributed by atoms with E-state index in [-0.39, 0.29) is 5.92 Å². The van der Waals surface area contributed by atoms with Crippen molar-refractivity contribution >= 4 is 12.1 Å². The minimum Gasteiger partial charge on any atom is -0.355 e. The Morgan fingerprint density at radius 3 is 2.85 bits per heavy atom. The summed E-state index contributed by atoms with van der Waals surface area (Å²) in [5.41, 5.74) is 1.16. The number of aromatic nitrogens is 1. The Balaban J connectivity index is 2.03. The number of hydrogen-bond acceptors (Lipinski definition) is 3. The normalized spacial score (nSPS) is 16.8. The van der Waals surface area contributed by atoms with Crippen LogP contribution < -0.4 is 4.90 Å². The van der Waals surface area contributed by atoms with Crippen LogP contribution >= 0.6 is 0 Å². The Bertz CT molecular complexity index is 301. The lowest BCUT2D eigenvalue weighted by Crippen LogP contribution is -2.47. The number of anilines is 1. The van der Waals surface area contributed by atoms with Gasteiger partial charge in [0.2, 0.25) is 0 Å². The highest BCUT2D eigenvalue weighted by Gasteiger charge is 2.26. The first-order valence-electron chi connectivity index (χ1n) is 4.42. The van der Waals surface area contributed by atoms with Gasteiger partial charge in [0, 0.05) is 25.2 Å². The van der Waals surface area contributed by atoms with E-state index in [1.807, 2.05) is 25.3 Å². The van der Waals surface area contributed by atoms with Gasteiger partial charge < -0.3 is 9.69 Å². The lowest BCUT2D eigenvalue weighted by molar-refractivity contribution is -0.111. The summed E-state index contributed by atoms with van der Waals surface area (Å²) in [6.45, 7) is 3.65. The van der Waals surface area contributed by atoms with Gasteiger partial charge in [0.25, 0.3) is 0 Å². The van der Waals surface area contributed by atoms with Crippen LogP contribution in [0.25, 0.3) is 0 Å². The van der Waals surface area contributed by atoms with Gasteiger partial charge in [0.1, 0.15) is 12.1 Å². The molecule has 0 atom stereocenters. The third-order valence-corrected chi connectivity index (χ3v) is 2.32. The molecule has 1 aliphatic heterocycles. The van der Waals surface area contributed by atoms with Crippen molar-refractivity contribution in [3.63, 3.8) is 0 Å². The second-order valence-corrected chi connectivity index (χ2v) is 3.49. The standard InChI is InChI=1S/C10H12N2O/c1-8-2-3-10(11-4-8)12-5-9(6-12)7-13/h2-4,7,9H,5-6H2,1H3. The molecule has 0 bridgehead atoms. The summed E-state index contributed by atoms with van der Waals surface area (Å²) in [6.07, 6.45) is 2.87. The Morgan fingerprint density at radius 1 is 1.54 bits per heavy atom. The second-order valence-electron chi connectivity index (χ2n) is 3.49. The first-order chi connectivity index (χ1) is 6.29. The summed E-state index contributed by atoms with van der Waals surface area (Å²) in [5.74, 6) is 1.19. The fourth-order valence-electron chi connectivity index (χ4n) is 1.43. The molecule has 0 unspecified atom stereocenters. The molecule has 3 heteroatoms. The zero-order chi connectivity index (χ0) is 9.26.